The Labute approximate surface area is 101 Å². The van der Waals surface area contributed by atoms with Crippen LogP contribution >= 0.6 is 0 Å². The fourth-order valence-electron chi connectivity index (χ4n) is 2.34. The van der Waals surface area contributed by atoms with Gasteiger partial charge in [-0.25, -0.2) is 4.98 Å². The number of nitrogens with zero attached hydrogens (tertiary/aromatic N) is 1. The molecule has 1 atom stereocenters. The number of fused-ring (bicyclic) bond motifs is 1. The Kier molecular flexibility index (Phi) is 2.69. The molecular formula is C14H17N3. The monoisotopic (exact) mass is 227 g/mol. The maximum Gasteiger partial charge on any atom is 0.129 e. The summed E-state index contributed by atoms with van der Waals surface area (Å²) in [5, 5.41) is 8.10. The lowest BCUT2D eigenvalue weighted by Crippen LogP contribution is -2.23. The van der Waals surface area contributed by atoms with Crippen LogP contribution in [0.3, 0.4) is 0 Å². The average molecular weight is 227 g/mol. The van der Waals surface area contributed by atoms with Crippen LogP contribution in [0.4, 0.5) is 5.82 Å². The number of rotatable bonds is 2. The number of para-hydroxylation sites is 1. The van der Waals surface area contributed by atoms with E-state index >= 15 is 0 Å². The molecule has 1 aromatic carbocycles. The largest absolute Gasteiger partial charge is 0.366 e. The van der Waals surface area contributed by atoms with Crippen molar-refractivity contribution in [1.29, 1.82) is 0 Å². The Balaban J connectivity index is 1.95. The molecule has 3 nitrogen and oxygen atoms in total. The smallest absolute Gasteiger partial charge is 0.129 e. The SMILES string of the molecule is Cc1cc2ccccc2nc1NC1CCNC1. The maximum absolute atomic E-state index is 4.70. The van der Waals surface area contributed by atoms with Gasteiger partial charge in [-0.1, -0.05) is 18.2 Å². The standard InChI is InChI=1S/C14H17N3/c1-10-8-11-4-2-3-5-13(11)17-14(10)16-12-6-7-15-9-12/h2-5,8,12,15H,6-7,9H2,1H3,(H,16,17). The lowest BCUT2D eigenvalue weighted by atomic mass is 10.1. The van der Waals surface area contributed by atoms with Crippen LogP contribution in [0.15, 0.2) is 30.3 Å². The van der Waals surface area contributed by atoms with Crippen LogP contribution in [-0.2, 0) is 0 Å². The molecule has 1 aromatic heterocycles. The minimum Gasteiger partial charge on any atom is -0.366 e. The van der Waals surface area contributed by atoms with Gasteiger partial charge in [-0.05, 0) is 37.6 Å². The number of hydrogen-bond acceptors (Lipinski definition) is 3. The number of anilines is 1. The number of pyridine rings is 1. The zero-order valence-corrected chi connectivity index (χ0v) is 10.0. The van der Waals surface area contributed by atoms with Crippen molar-refractivity contribution in [2.75, 3.05) is 18.4 Å². The summed E-state index contributed by atoms with van der Waals surface area (Å²) in [6, 6.07) is 11.0. The Morgan fingerprint density at radius 1 is 1.35 bits per heavy atom. The first-order valence-corrected chi connectivity index (χ1v) is 6.16. The minimum absolute atomic E-state index is 0.516. The summed E-state index contributed by atoms with van der Waals surface area (Å²) in [7, 11) is 0. The van der Waals surface area contributed by atoms with Crippen molar-refractivity contribution in [3.05, 3.63) is 35.9 Å². The van der Waals surface area contributed by atoms with E-state index in [2.05, 4.69) is 41.8 Å². The lowest BCUT2D eigenvalue weighted by Gasteiger charge is -2.14. The molecular weight excluding hydrogens is 210 g/mol. The highest BCUT2D eigenvalue weighted by Gasteiger charge is 2.15. The van der Waals surface area contributed by atoms with Crippen LogP contribution in [0, 0.1) is 6.92 Å². The van der Waals surface area contributed by atoms with Crippen molar-refractivity contribution in [1.82, 2.24) is 10.3 Å². The topological polar surface area (TPSA) is 37.0 Å². The summed E-state index contributed by atoms with van der Waals surface area (Å²) < 4.78 is 0. The van der Waals surface area contributed by atoms with Gasteiger partial charge >= 0.3 is 0 Å². The second-order valence-corrected chi connectivity index (χ2v) is 4.68. The van der Waals surface area contributed by atoms with Crippen LogP contribution in [0.25, 0.3) is 10.9 Å². The third kappa shape index (κ3) is 2.11. The summed E-state index contributed by atoms with van der Waals surface area (Å²) in [4.78, 5) is 4.70. The molecule has 3 heteroatoms. The quantitative estimate of drug-likeness (QED) is 0.826. The Morgan fingerprint density at radius 2 is 2.24 bits per heavy atom. The number of nitrogens with one attached hydrogen (secondary N) is 2. The molecule has 0 spiro atoms. The fraction of sp³-hybridized carbons (Fsp3) is 0.357. The Bertz CT molecular complexity index is 530. The fourth-order valence-corrected chi connectivity index (χ4v) is 2.34. The van der Waals surface area contributed by atoms with Crippen LogP contribution in [0.5, 0.6) is 0 Å². The van der Waals surface area contributed by atoms with Gasteiger partial charge in [0, 0.05) is 18.0 Å². The van der Waals surface area contributed by atoms with Gasteiger partial charge in [-0.3, -0.25) is 0 Å². The predicted molar refractivity (Wildman–Crippen MR) is 71.4 cm³/mol. The molecule has 0 radical (unpaired) electrons. The average Bonchev–Trinajstić information content (AvgIpc) is 2.83. The molecule has 0 saturated carbocycles. The van der Waals surface area contributed by atoms with Gasteiger partial charge < -0.3 is 10.6 Å². The molecule has 2 N–H and O–H groups in total. The molecule has 0 amide bonds. The molecule has 1 saturated heterocycles. The van der Waals surface area contributed by atoms with Crippen LogP contribution in [-0.4, -0.2) is 24.1 Å². The van der Waals surface area contributed by atoms with E-state index in [0.717, 1.165) is 24.4 Å². The lowest BCUT2D eigenvalue weighted by molar-refractivity contribution is 0.787. The predicted octanol–water partition coefficient (Wildman–Crippen LogP) is 2.32. The van der Waals surface area contributed by atoms with Crippen molar-refractivity contribution in [2.45, 2.75) is 19.4 Å². The van der Waals surface area contributed by atoms with E-state index in [-0.39, 0.29) is 0 Å². The molecule has 17 heavy (non-hydrogen) atoms. The highest BCUT2D eigenvalue weighted by Crippen LogP contribution is 2.20. The molecule has 2 heterocycles. The first kappa shape index (κ1) is 10.5. The molecule has 1 aliphatic heterocycles. The zero-order chi connectivity index (χ0) is 11.7. The number of benzene rings is 1. The first-order valence-electron chi connectivity index (χ1n) is 6.16. The second kappa shape index (κ2) is 4.34. The van der Waals surface area contributed by atoms with Crippen molar-refractivity contribution in [3.63, 3.8) is 0 Å². The normalized spacial score (nSPS) is 19.7. The molecule has 0 bridgehead atoms. The van der Waals surface area contributed by atoms with Crippen LogP contribution < -0.4 is 10.6 Å². The molecule has 0 aliphatic carbocycles. The summed E-state index contributed by atoms with van der Waals surface area (Å²) in [6.45, 7) is 4.25. The molecule has 1 unspecified atom stereocenters. The number of aromatic nitrogens is 1. The van der Waals surface area contributed by atoms with E-state index in [9.17, 15) is 0 Å². The molecule has 2 aromatic rings. The molecule has 1 fully saturated rings. The van der Waals surface area contributed by atoms with E-state index in [1.54, 1.807) is 0 Å². The van der Waals surface area contributed by atoms with E-state index in [1.165, 1.54) is 17.4 Å². The van der Waals surface area contributed by atoms with Crippen molar-refractivity contribution in [3.8, 4) is 0 Å². The summed E-state index contributed by atoms with van der Waals surface area (Å²) in [5.41, 5.74) is 2.28. The summed E-state index contributed by atoms with van der Waals surface area (Å²) in [5.74, 6) is 1.03. The molecule has 3 rings (SSSR count). The molecule has 88 valence electrons. The number of aryl methyl sites for hydroxylation is 1. The van der Waals surface area contributed by atoms with Gasteiger partial charge in [-0.2, -0.15) is 0 Å². The van der Waals surface area contributed by atoms with Crippen LogP contribution in [0.2, 0.25) is 0 Å². The maximum atomic E-state index is 4.70. The van der Waals surface area contributed by atoms with Gasteiger partial charge in [0.15, 0.2) is 0 Å². The highest BCUT2D eigenvalue weighted by atomic mass is 15.1. The van der Waals surface area contributed by atoms with Crippen molar-refractivity contribution >= 4 is 16.7 Å². The van der Waals surface area contributed by atoms with Gasteiger partial charge in [0.2, 0.25) is 0 Å². The Morgan fingerprint density at radius 3 is 3.06 bits per heavy atom. The van der Waals surface area contributed by atoms with Gasteiger partial charge in [-0.15, -0.1) is 0 Å². The van der Waals surface area contributed by atoms with Gasteiger partial charge in [0.25, 0.3) is 0 Å². The van der Waals surface area contributed by atoms with Crippen molar-refractivity contribution < 1.29 is 0 Å². The highest BCUT2D eigenvalue weighted by molar-refractivity contribution is 5.81. The van der Waals surface area contributed by atoms with E-state index < -0.39 is 0 Å². The third-order valence-corrected chi connectivity index (χ3v) is 3.32. The summed E-state index contributed by atoms with van der Waals surface area (Å²) >= 11 is 0. The minimum atomic E-state index is 0.516. The van der Waals surface area contributed by atoms with Crippen LogP contribution in [0.1, 0.15) is 12.0 Å². The van der Waals surface area contributed by atoms with Crippen molar-refractivity contribution in [2.24, 2.45) is 0 Å². The zero-order valence-electron chi connectivity index (χ0n) is 10.0. The first-order chi connectivity index (χ1) is 8.33. The van der Waals surface area contributed by atoms with E-state index in [1.807, 2.05) is 6.07 Å². The second-order valence-electron chi connectivity index (χ2n) is 4.68. The Hall–Kier alpha value is -1.61. The third-order valence-electron chi connectivity index (χ3n) is 3.32. The van der Waals surface area contributed by atoms with Gasteiger partial charge in [0.05, 0.1) is 5.52 Å². The van der Waals surface area contributed by atoms with E-state index in [0.29, 0.717) is 6.04 Å². The summed E-state index contributed by atoms with van der Waals surface area (Å²) in [6.07, 6.45) is 1.17. The van der Waals surface area contributed by atoms with Gasteiger partial charge in [0.1, 0.15) is 5.82 Å². The molecule has 1 aliphatic rings. The number of hydrogen-bond donors (Lipinski definition) is 2. The van der Waals surface area contributed by atoms with E-state index in [4.69, 9.17) is 4.98 Å².